The third-order valence-electron chi connectivity index (χ3n) is 5.29. The Balaban J connectivity index is 1.78. The number of hydrogen-bond donors (Lipinski definition) is 1. The second kappa shape index (κ2) is 10.0. The minimum Gasteiger partial charge on any atom is -0.298 e. The van der Waals surface area contributed by atoms with Crippen LogP contribution in [0.15, 0.2) is 65.5 Å². The summed E-state index contributed by atoms with van der Waals surface area (Å²) in [7, 11) is 0. The second-order valence-electron chi connectivity index (χ2n) is 8.41. The lowest BCUT2D eigenvalue weighted by atomic mass is 10.0. The third-order valence-corrected chi connectivity index (χ3v) is 6.28. The molecule has 198 valence electrons. The van der Waals surface area contributed by atoms with Crippen molar-refractivity contribution in [2.45, 2.75) is 32.2 Å². The highest BCUT2D eigenvalue weighted by Gasteiger charge is 2.37. The van der Waals surface area contributed by atoms with Gasteiger partial charge in [0.15, 0.2) is 5.13 Å². The molecule has 0 aliphatic heterocycles. The molecular formula is C25H18F6N4O2S. The molecule has 38 heavy (non-hydrogen) atoms. The minimum absolute atomic E-state index is 0.0545. The molecule has 4 aromatic rings. The van der Waals surface area contributed by atoms with E-state index >= 15 is 0 Å². The van der Waals surface area contributed by atoms with E-state index in [4.69, 9.17) is 0 Å². The van der Waals surface area contributed by atoms with Gasteiger partial charge < -0.3 is 0 Å². The molecule has 4 rings (SSSR count). The lowest BCUT2D eigenvalue weighted by Gasteiger charge is -2.13. The van der Waals surface area contributed by atoms with E-state index in [0.717, 1.165) is 11.3 Å². The summed E-state index contributed by atoms with van der Waals surface area (Å²) in [6.07, 6.45) is -10.2. The smallest absolute Gasteiger partial charge is 0.298 e. The lowest BCUT2D eigenvalue weighted by molar-refractivity contribution is -0.143. The van der Waals surface area contributed by atoms with Crippen molar-refractivity contribution in [1.82, 2.24) is 14.8 Å². The average Bonchev–Trinajstić information content (AvgIpc) is 3.27. The molecule has 0 fully saturated rings. The van der Waals surface area contributed by atoms with Gasteiger partial charge in [-0.05, 0) is 38.1 Å². The van der Waals surface area contributed by atoms with E-state index in [1.54, 1.807) is 44.2 Å². The van der Waals surface area contributed by atoms with Gasteiger partial charge in [0.25, 0.3) is 11.5 Å². The number of hydrogen-bond acceptors (Lipinski definition) is 5. The average molecular weight is 553 g/mol. The summed E-state index contributed by atoms with van der Waals surface area (Å²) in [5.74, 6) is -1.21. The molecule has 2 aromatic heterocycles. The van der Waals surface area contributed by atoms with Crippen molar-refractivity contribution in [3.05, 3.63) is 87.7 Å². The van der Waals surface area contributed by atoms with Gasteiger partial charge in [-0.25, -0.2) is 9.67 Å². The molecule has 0 bridgehead atoms. The molecule has 0 saturated heterocycles. The molecular weight excluding hydrogens is 534 g/mol. The van der Waals surface area contributed by atoms with Gasteiger partial charge in [0.05, 0.1) is 27.7 Å². The van der Waals surface area contributed by atoms with Crippen LogP contribution in [0, 0.1) is 0 Å². The van der Waals surface area contributed by atoms with E-state index < -0.39 is 35.0 Å². The summed E-state index contributed by atoms with van der Waals surface area (Å²) >= 11 is 0.911. The molecule has 2 heterocycles. The molecule has 0 unspecified atom stereocenters. The first-order chi connectivity index (χ1) is 17.7. The van der Waals surface area contributed by atoms with Gasteiger partial charge in [-0.2, -0.15) is 31.4 Å². The quantitative estimate of drug-likeness (QED) is 0.273. The summed E-state index contributed by atoms with van der Waals surface area (Å²) in [5.41, 5.74) is -3.09. The van der Waals surface area contributed by atoms with Crippen LogP contribution in [0.4, 0.5) is 31.5 Å². The van der Waals surface area contributed by atoms with Gasteiger partial charge in [-0.15, -0.1) is 0 Å². The number of anilines is 1. The monoisotopic (exact) mass is 552 g/mol. The first-order valence-electron chi connectivity index (χ1n) is 11.0. The van der Waals surface area contributed by atoms with Crippen LogP contribution >= 0.6 is 11.3 Å². The van der Waals surface area contributed by atoms with Crippen LogP contribution in [0.2, 0.25) is 0 Å². The Morgan fingerprint density at radius 1 is 0.921 bits per heavy atom. The molecule has 1 amide bonds. The maximum absolute atomic E-state index is 13.2. The molecule has 0 radical (unpaired) electrons. The molecule has 1 N–H and O–H groups in total. The van der Waals surface area contributed by atoms with Gasteiger partial charge in [0.2, 0.25) is 0 Å². The minimum atomic E-state index is -5.10. The Bertz CT molecular complexity index is 1510. The molecule has 0 aliphatic carbocycles. The molecule has 0 atom stereocenters. The van der Waals surface area contributed by atoms with Crippen LogP contribution in [0.25, 0.3) is 21.8 Å². The normalized spacial score (nSPS) is 12.1. The Hall–Kier alpha value is -4.00. The number of benzene rings is 2. The van der Waals surface area contributed by atoms with E-state index in [1.165, 1.54) is 16.8 Å². The second-order valence-corrected chi connectivity index (χ2v) is 9.41. The molecule has 0 saturated carbocycles. The number of nitrogens with zero attached hydrogens (tertiary/aromatic N) is 3. The largest absolute Gasteiger partial charge is 0.416 e. The fourth-order valence-electron chi connectivity index (χ4n) is 3.51. The summed E-state index contributed by atoms with van der Waals surface area (Å²) in [6.45, 7) is 3.53. The van der Waals surface area contributed by atoms with Crippen molar-refractivity contribution in [1.29, 1.82) is 0 Å². The molecule has 6 nitrogen and oxygen atoms in total. The highest BCUT2D eigenvalue weighted by molar-refractivity contribution is 7.19. The zero-order valence-electron chi connectivity index (χ0n) is 19.7. The number of thiazole rings is 1. The zero-order chi connectivity index (χ0) is 27.8. The highest BCUT2D eigenvalue weighted by Crippen LogP contribution is 2.39. The van der Waals surface area contributed by atoms with Crippen LogP contribution < -0.4 is 10.9 Å². The van der Waals surface area contributed by atoms with Gasteiger partial charge >= 0.3 is 12.4 Å². The Morgan fingerprint density at radius 2 is 1.53 bits per heavy atom. The maximum Gasteiger partial charge on any atom is 0.416 e. The summed E-state index contributed by atoms with van der Waals surface area (Å²) in [5, 5.41) is 6.59. The number of carbonyl (C=O) groups is 1. The maximum atomic E-state index is 13.2. The number of rotatable bonds is 5. The van der Waals surface area contributed by atoms with Crippen molar-refractivity contribution < 1.29 is 31.1 Å². The number of aromatic nitrogens is 3. The molecule has 2 aromatic carbocycles. The van der Waals surface area contributed by atoms with Crippen molar-refractivity contribution in [3.8, 4) is 21.8 Å². The number of amides is 1. The van der Waals surface area contributed by atoms with Crippen molar-refractivity contribution in [3.63, 3.8) is 0 Å². The van der Waals surface area contributed by atoms with Crippen LogP contribution in [0.3, 0.4) is 0 Å². The van der Waals surface area contributed by atoms with Crippen LogP contribution in [0.1, 0.15) is 41.4 Å². The first kappa shape index (κ1) is 27.0. The number of halogens is 6. The van der Waals surface area contributed by atoms with Gasteiger partial charge in [0.1, 0.15) is 5.69 Å². The zero-order valence-corrected chi connectivity index (χ0v) is 20.5. The van der Waals surface area contributed by atoms with Crippen LogP contribution in [-0.4, -0.2) is 20.7 Å². The Labute approximate surface area is 215 Å². The van der Waals surface area contributed by atoms with E-state index in [0.29, 0.717) is 34.0 Å². The van der Waals surface area contributed by atoms with Crippen LogP contribution in [-0.2, 0) is 12.4 Å². The van der Waals surface area contributed by atoms with E-state index in [2.05, 4.69) is 15.4 Å². The Kier molecular flexibility index (Phi) is 7.15. The Morgan fingerprint density at radius 3 is 2.08 bits per heavy atom. The van der Waals surface area contributed by atoms with Crippen molar-refractivity contribution >= 4 is 22.4 Å². The SMILES string of the molecule is CC(C)n1nc(-c2sc(NC(=O)c3cc(C(F)(F)F)cc(C(F)(F)F)c3)nc2-c2ccccc2)ccc1=O. The summed E-state index contributed by atoms with van der Waals surface area (Å²) in [6, 6.07) is 11.8. The molecule has 13 heteroatoms. The van der Waals surface area contributed by atoms with E-state index in [-0.39, 0.29) is 22.8 Å². The third kappa shape index (κ3) is 5.77. The summed E-state index contributed by atoms with van der Waals surface area (Å²) < 4.78 is 80.7. The number of alkyl halides is 6. The number of nitrogens with one attached hydrogen (secondary N) is 1. The highest BCUT2D eigenvalue weighted by atomic mass is 32.1. The predicted molar refractivity (Wildman–Crippen MR) is 130 cm³/mol. The lowest BCUT2D eigenvalue weighted by Crippen LogP contribution is -2.23. The van der Waals surface area contributed by atoms with Gasteiger partial charge in [-0.1, -0.05) is 41.7 Å². The van der Waals surface area contributed by atoms with Gasteiger partial charge in [-0.3, -0.25) is 14.9 Å². The molecule has 0 spiro atoms. The molecule has 0 aliphatic rings. The topological polar surface area (TPSA) is 76.9 Å². The summed E-state index contributed by atoms with van der Waals surface area (Å²) in [4.78, 5) is 29.8. The van der Waals surface area contributed by atoms with E-state index in [1.807, 2.05) is 0 Å². The first-order valence-corrected chi connectivity index (χ1v) is 11.8. The van der Waals surface area contributed by atoms with Crippen molar-refractivity contribution in [2.24, 2.45) is 0 Å². The fraction of sp³-hybridized carbons (Fsp3) is 0.200. The standard InChI is InChI=1S/C25H18F6N4O2S/c1-13(2)35-19(36)9-8-18(34-35)21-20(14-6-4-3-5-7-14)32-23(38-21)33-22(37)15-10-16(24(26,27)28)12-17(11-15)25(29,30)31/h3-13H,1-2H3,(H,32,33,37). The fourth-order valence-corrected chi connectivity index (χ4v) is 4.46. The van der Waals surface area contributed by atoms with Crippen molar-refractivity contribution in [2.75, 3.05) is 5.32 Å². The van der Waals surface area contributed by atoms with Crippen LogP contribution in [0.5, 0.6) is 0 Å². The van der Waals surface area contributed by atoms with E-state index in [9.17, 15) is 35.9 Å². The van der Waals surface area contributed by atoms with Gasteiger partial charge in [0, 0.05) is 17.2 Å². The number of carbonyl (C=O) groups excluding carboxylic acids is 1. The predicted octanol–water partition coefficient (Wildman–Crippen LogP) is 6.90.